The second-order valence-corrected chi connectivity index (χ2v) is 5.07. The van der Waals surface area contributed by atoms with Gasteiger partial charge in [0, 0.05) is 13.2 Å². The van der Waals surface area contributed by atoms with E-state index in [1.807, 2.05) is 7.11 Å². The minimum Gasteiger partial charge on any atom is -0.380 e. The number of ether oxygens (including phenoxy) is 1. The van der Waals surface area contributed by atoms with Gasteiger partial charge in [-0.2, -0.15) is 0 Å². The van der Waals surface area contributed by atoms with Crippen LogP contribution < -0.4 is 5.32 Å². The van der Waals surface area contributed by atoms with E-state index in [9.17, 15) is 0 Å². The van der Waals surface area contributed by atoms with Crippen LogP contribution in [0.15, 0.2) is 0 Å². The van der Waals surface area contributed by atoms with Crippen LogP contribution in [0.1, 0.15) is 59.8 Å². The van der Waals surface area contributed by atoms with Crippen molar-refractivity contribution in [2.24, 2.45) is 5.92 Å². The maximum atomic E-state index is 5.55. The lowest BCUT2D eigenvalue weighted by Crippen LogP contribution is -2.41. The third kappa shape index (κ3) is 7.24. The molecule has 2 unspecified atom stereocenters. The molecule has 0 heterocycles. The number of hydrogen-bond donors (Lipinski definition) is 1. The van der Waals surface area contributed by atoms with Crippen molar-refractivity contribution in [3.8, 4) is 0 Å². The van der Waals surface area contributed by atoms with E-state index in [0.29, 0.717) is 12.1 Å². The second-order valence-electron chi connectivity index (χ2n) is 5.07. The Morgan fingerprint density at radius 2 is 1.81 bits per heavy atom. The standard InChI is InChI=1S/C14H31NO/c1-6-11-15-13(14(7-2)16-5)10-8-9-12(3)4/h12-15H,6-11H2,1-5H3. The third-order valence-corrected chi connectivity index (χ3v) is 3.11. The molecule has 2 nitrogen and oxygen atoms in total. The van der Waals surface area contributed by atoms with Crippen molar-refractivity contribution in [3.63, 3.8) is 0 Å². The second kappa shape index (κ2) is 10.1. The highest BCUT2D eigenvalue weighted by Crippen LogP contribution is 2.14. The molecule has 0 saturated carbocycles. The lowest BCUT2D eigenvalue weighted by Gasteiger charge is -2.26. The molecule has 16 heavy (non-hydrogen) atoms. The number of methoxy groups -OCH3 is 1. The Balaban J connectivity index is 3.97. The SMILES string of the molecule is CCCNC(CCCC(C)C)C(CC)OC. The molecule has 0 aromatic carbocycles. The first-order chi connectivity index (χ1) is 7.65. The highest BCUT2D eigenvalue weighted by molar-refractivity contribution is 4.76. The predicted octanol–water partition coefficient (Wildman–Crippen LogP) is 3.61. The molecule has 98 valence electrons. The molecule has 2 heteroatoms. The quantitative estimate of drug-likeness (QED) is 0.618. The molecule has 2 atom stereocenters. The fraction of sp³-hybridized carbons (Fsp3) is 1.00. The number of hydrogen-bond acceptors (Lipinski definition) is 2. The topological polar surface area (TPSA) is 21.3 Å². The van der Waals surface area contributed by atoms with Gasteiger partial charge in [0.05, 0.1) is 6.10 Å². The summed E-state index contributed by atoms with van der Waals surface area (Å²) in [5, 5.41) is 3.62. The zero-order valence-electron chi connectivity index (χ0n) is 11.9. The van der Waals surface area contributed by atoms with E-state index < -0.39 is 0 Å². The molecule has 0 fully saturated rings. The van der Waals surface area contributed by atoms with E-state index in [-0.39, 0.29) is 0 Å². The lowest BCUT2D eigenvalue weighted by atomic mass is 9.98. The van der Waals surface area contributed by atoms with Crippen molar-refractivity contribution in [2.75, 3.05) is 13.7 Å². The van der Waals surface area contributed by atoms with Gasteiger partial charge in [-0.25, -0.2) is 0 Å². The van der Waals surface area contributed by atoms with Gasteiger partial charge in [-0.3, -0.25) is 0 Å². The van der Waals surface area contributed by atoms with Crippen molar-refractivity contribution in [1.29, 1.82) is 0 Å². The Bertz CT molecular complexity index is 144. The van der Waals surface area contributed by atoms with Gasteiger partial charge in [0.15, 0.2) is 0 Å². The van der Waals surface area contributed by atoms with E-state index in [0.717, 1.165) is 18.9 Å². The van der Waals surface area contributed by atoms with Crippen molar-refractivity contribution < 1.29 is 4.74 Å². The van der Waals surface area contributed by atoms with Gasteiger partial charge in [-0.15, -0.1) is 0 Å². The van der Waals surface area contributed by atoms with E-state index in [1.54, 1.807) is 0 Å². The molecule has 0 aliphatic rings. The Morgan fingerprint density at radius 1 is 1.12 bits per heavy atom. The van der Waals surface area contributed by atoms with Crippen LogP contribution in [-0.2, 0) is 4.74 Å². The minimum absolute atomic E-state index is 0.374. The molecule has 0 spiro atoms. The van der Waals surface area contributed by atoms with Crippen molar-refractivity contribution in [1.82, 2.24) is 5.32 Å². The Kier molecular flexibility index (Phi) is 10.0. The first kappa shape index (κ1) is 15.9. The van der Waals surface area contributed by atoms with Crippen molar-refractivity contribution in [3.05, 3.63) is 0 Å². The van der Waals surface area contributed by atoms with Crippen LogP contribution in [0.5, 0.6) is 0 Å². The van der Waals surface area contributed by atoms with Crippen LogP contribution in [0.3, 0.4) is 0 Å². The average molecular weight is 229 g/mol. The first-order valence-corrected chi connectivity index (χ1v) is 6.91. The first-order valence-electron chi connectivity index (χ1n) is 6.91. The molecule has 0 radical (unpaired) electrons. The largest absolute Gasteiger partial charge is 0.380 e. The van der Waals surface area contributed by atoms with Gasteiger partial charge < -0.3 is 10.1 Å². The fourth-order valence-electron chi connectivity index (χ4n) is 2.11. The van der Waals surface area contributed by atoms with Gasteiger partial charge >= 0.3 is 0 Å². The maximum absolute atomic E-state index is 5.55. The summed E-state index contributed by atoms with van der Waals surface area (Å²) in [4.78, 5) is 0. The van der Waals surface area contributed by atoms with E-state index in [1.165, 1.54) is 25.7 Å². The molecular weight excluding hydrogens is 198 g/mol. The molecular formula is C14H31NO. The van der Waals surface area contributed by atoms with Crippen LogP contribution in [0, 0.1) is 5.92 Å². The summed E-state index contributed by atoms with van der Waals surface area (Å²) in [6.45, 7) is 10.1. The molecule has 0 bridgehead atoms. The van der Waals surface area contributed by atoms with Crippen LogP contribution in [0.25, 0.3) is 0 Å². The average Bonchev–Trinajstić information content (AvgIpc) is 2.26. The van der Waals surface area contributed by atoms with Gasteiger partial charge in [0.25, 0.3) is 0 Å². The van der Waals surface area contributed by atoms with Crippen molar-refractivity contribution in [2.45, 2.75) is 71.9 Å². The van der Waals surface area contributed by atoms with Crippen LogP contribution in [0.4, 0.5) is 0 Å². The Hall–Kier alpha value is -0.0800. The summed E-state index contributed by atoms with van der Waals surface area (Å²) in [5.41, 5.74) is 0. The zero-order valence-corrected chi connectivity index (χ0v) is 11.9. The molecule has 0 amide bonds. The minimum atomic E-state index is 0.374. The smallest absolute Gasteiger partial charge is 0.0721 e. The van der Waals surface area contributed by atoms with Crippen molar-refractivity contribution >= 4 is 0 Å². The molecule has 0 aromatic rings. The van der Waals surface area contributed by atoms with E-state index in [4.69, 9.17) is 4.74 Å². The zero-order chi connectivity index (χ0) is 12.4. The number of nitrogens with one attached hydrogen (secondary N) is 1. The highest BCUT2D eigenvalue weighted by atomic mass is 16.5. The monoisotopic (exact) mass is 229 g/mol. The molecule has 1 N–H and O–H groups in total. The summed E-state index contributed by atoms with van der Waals surface area (Å²) in [5.74, 6) is 0.814. The van der Waals surface area contributed by atoms with Gasteiger partial charge in [-0.05, 0) is 31.7 Å². The predicted molar refractivity (Wildman–Crippen MR) is 71.9 cm³/mol. The molecule has 0 saturated heterocycles. The van der Waals surface area contributed by atoms with E-state index in [2.05, 4.69) is 33.0 Å². The highest BCUT2D eigenvalue weighted by Gasteiger charge is 2.18. The van der Waals surface area contributed by atoms with E-state index >= 15 is 0 Å². The Labute approximate surface area is 102 Å². The van der Waals surface area contributed by atoms with Gasteiger partial charge in [-0.1, -0.05) is 40.5 Å². The summed E-state index contributed by atoms with van der Waals surface area (Å²) in [6.07, 6.45) is 6.53. The normalized spacial score (nSPS) is 15.4. The third-order valence-electron chi connectivity index (χ3n) is 3.11. The summed E-state index contributed by atoms with van der Waals surface area (Å²) in [6, 6.07) is 0.536. The number of rotatable bonds is 10. The molecule has 0 aliphatic heterocycles. The summed E-state index contributed by atoms with van der Waals surface area (Å²) >= 11 is 0. The Morgan fingerprint density at radius 3 is 2.25 bits per heavy atom. The van der Waals surface area contributed by atoms with Gasteiger partial charge in [0.2, 0.25) is 0 Å². The van der Waals surface area contributed by atoms with Crippen LogP contribution in [0.2, 0.25) is 0 Å². The van der Waals surface area contributed by atoms with Crippen LogP contribution >= 0.6 is 0 Å². The molecule has 0 aromatic heterocycles. The fourth-order valence-corrected chi connectivity index (χ4v) is 2.11. The van der Waals surface area contributed by atoms with Gasteiger partial charge in [0.1, 0.15) is 0 Å². The molecule has 0 rings (SSSR count). The summed E-state index contributed by atoms with van der Waals surface area (Å²) in [7, 11) is 1.83. The molecule has 0 aliphatic carbocycles. The summed E-state index contributed by atoms with van der Waals surface area (Å²) < 4.78 is 5.55. The van der Waals surface area contributed by atoms with Crippen LogP contribution in [-0.4, -0.2) is 25.8 Å². The lowest BCUT2D eigenvalue weighted by molar-refractivity contribution is 0.0614. The maximum Gasteiger partial charge on any atom is 0.0721 e.